The first-order valence-electron chi connectivity index (χ1n) is 11.5. The first kappa shape index (κ1) is 27.0. The Bertz CT molecular complexity index is 829. The number of benzene rings is 2. The molecule has 0 aromatic heterocycles. The van der Waals surface area contributed by atoms with Gasteiger partial charge in [-0.1, -0.05) is 67.6 Å². The number of rotatable bonds is 9. The molecule has 0 radical (unpaired) electrons. The largest absolute Gasteiger partial charge is 0.473 e. The summed E-state index contributed by atoms with van der Waals surface area (Å²) in [4.78, 5) is 32.2. The van der Waals surface area contributed by atoms with Crippen LogP contribution in [0.5, 0.6) is 0 Å². The molecule has 1 aliphatic rings. The standard InChI is InChI=1S/C24H31NO3.C2H2O4/c1-2-19-27-23(26)15-18-25-16-13-22(14-17-25)28-24(20-9-5-3-6-10-20)21-11-7-4-8-12-21;3-1(4)2(5)6/h3-12,22,24H,2,13-19H2,1H3;(H,3,4)(H,5,6). The van der Waals surface area contributed by atoms with Crippen molar-refractivity contribution in [2.24, 2.45) is 0 Å². The van der Waals surface area contributed by atoms with Crippen molar-refractivity contribution in [1.82, 2.24) is 4.90 Å². The Morgan fingerprint density at radius 3 is 1.85 bits per heavy atom. The summed E-state index contributed by atoms with van der Waals surface area (Å²) in [5.74, 6) is -3.74. The number of hydrogen-bond donors (Lipinski definition) is 2. The minimum absolute atomic E-state index is 0.0389. The highest BCUT2D eigenvalue weighted by molar-refractivity contribution is 6.27. The van der Waals surface area contributed by atoms with Crippen molar-refractivity contribution >= 4 is 17.9 Å². The summed E-state index contributed by atoms with van der Waals surface area (Å²) in [5, 5.41) is 14.8. The highest BCUT2D eigenvalue weighted by Crippen LogP contribution is 2.29. The summed E-state index contributed by atoms with van der Waals surface area (Å²) in [6.45, 7) is 5.23. The first-order chi connectivity index (χ1) is 16.4. The van der Waals surface area contributed by atoms with Crippen LogP contribution in [-0.2, 0) is 23.9 Å². The zero-order valence-corrected chi connectivity index (χ0v) is 19.5. The van der Waals surface area contributed by atoms with Crippen LogP contribution in [0.25, 0.3) is 0 Å². The molecule has 1 heterocycles. The highest BCUT2D eigenvalue weighted by Gasteiger charge is 2.25. The molecule has 8 heteroatoms. The van der Waals surface area contributed by atoms with Crippen LogP contribution in [0, 0.1) is 0 Å². The molecule has 0 amide bonds. The smallest absolute Gasteiger partial charge is 0.414 e. The third-order valence-electron chi connectivity index (χ3n) is 5.35. The lowest BCUT2D eigenvalue weighted by molar-refractivity contribution is -0.159. The van der Waals surface area contributed by atoms with Gasteiger partial charge >= 0.3 is 17.9 Å². The van der Waals surface area contributed by atoms with Gasteiger partial charge in [0.05, 0.1) is 19.1 Å². The monoisotopic (exact) mass is 471 g/mol. The summed E-state index contributed by atoms with van der Waals surface area (Å²) in [6.07, 6.45) is 3.51. The maximum absolute atomic E-state index is 11.7. The van der Waals surface area contributed by atoms with Crippen LogP contribution in [0.1, 0.15) is 49.8 Å². The van der Waals surface area contributed by atoms with Crippen molar-refractivity contribution in [3.05, 3.63) is 71.8 Å². The molecular weight excluding hydrogens is 438 g/mol. The van der Waals surface area contributed by atoms with E-state index < -0.39 is 11.9 Å². The van der Waals surface area contributed by atoms with Crippen molar-refractivity contribution in [2.45, 2.75) is 44.8 Å². The molecule has 1 saturated heterocycles. The van der Waals surface area contributed by atoms with E-state index in [0.29, 0.717) is 13.0 Å². The lowest BCUT2D eigenvalue weighted by atomic mass is 10.00. The number of carboxylic acid groups (broad SMARTS) is 2. The normalized spacial score (nSPS) is 14.2. The zero-order valence-electron chi connectivity index (χ0n) is 19.5. The number of carbonyl (C=O) groups is 3. The van der Waals surface area contributed by atoms with Crippen molar-refractivity contribution in [3.63, 3.8) is 0 Å². The third kappa shape index (κ3) is 9.72. The molecule has 1 fully saturated rings. The van der Waals surface area contributed by atoms with Crippen molar-refractivity contribution in [3.8, 4) is 0 Å². The predicted molar refractivity (Wildman–Crippen MR) is 126 cm³/mol. The summed E-state index contributed by atoms with van der Waals surface area (Å²) in [6, 6.07) is 20.9. The molecule has 0 bridgehead atoms. The van der Waals surface area contributed by atoms with Crippen LogP contribution in [0.3, 0.4) is 0 Å². The first-order valence-corrected chi connectivity index (χ1v) is 11.5. The molecule has 0 unspecified atom stereocenters. The van der Waals surface area contributed by atoms with Crippen LogP contribution < -0.4 is 0 Å². The Hall–Kier alpha value is -3.23. The molecule has 0 spiro atoms. The van der Waals surface area contributed by atoms with Crippen LogP contribution >= 0.6 is 0 Å². The van der Waals surface area contributed by atoms with Gasteiger partial charge in [0.1, 0.15) is 6.10 Å². The predicted octanol–water partition coefficient (Wildman–Crippen LogP) is 3.76. The fourth-order valence-corrected chi connectivity index (χ4v) is 3.60. The number of piperidine rings is 1. The van der Waals surface area contributed by atoms with E-state index in [0.717, 1.165) is 38.9 Å². The van der Waals surface area contributed by atoms with Gasteiger partial charge < -0.3 is 24.6 Å². The number of likely N-dealkylation sites (tertiary alicyclic amines) is 1. The lowest BCUT2D eigenvalue weighted by Gasteiger charge is -2.34. The lowest BCUT2D eigenvalue weighted by Crippen LogP contribution is -2.38. The fraction of sp³-hybridized carbons (Fsp3) is 0.423. The molecule has 184 valence electrons. The van der Waals surface area contributed by atoms with Gasteiger partial charge in [-0.05, 0) is 30.4 Å². The van der Waals surface area contributed by atoms with Crippen molar-refractivity contribution in [2.75, 3.05) is 26.2 Å². The summed E-state index contributed by atoms with van der Waals surface area (Å²) in [5.41, 5.74) is 2.38. The average Bonchev–Trinajstić information content (AvgIpc) is 2.87. The van der Waals surface area contributed by atoms with E-state index in [9.17, 15) is 4.79 Å². The summed E-state index contributed by atoms with van der Waals surface area (Å²) >= 11 is 0. The van der Waals surface area contributed by atoms with E-state index in [1.807, 2.05) is 19.1 Å². The molecule has 0 atom stereocenters. The van der Waals surface area contributed by atoms with Gasteiger partial charge in [0.2, 0.25) is 0 Å². The second-order valence-corrected chi connectivity index (χ2v) is 7.96. The fourth-order valence-electron chi connectivity index (χ4n) is 3.60. The van der Waals surface area contributed by atoms with Crippen LogP contribution in [0.15, 0.2) is 60.7 Å². The van der Waals surface area contributed by atoms with Gasteiger partial charge in [0.15, 0.2) is 0 Å². The number of hydrogen-bond acceptors (Lipinski definition) is 6. The molecule has 0 aliphatic carbocycles. The SMILES string of the molecule is CCCOC(=O)CCN1CCC(OC(c2ccccc2)c2ccccc2)CC1.O=C(O)C(=O)O. The molecule has 8 nitrogen and oxygen atoms in total. The Labute approximate surface area is 200 Å². The van der Waals surface area contributed by atoms with Gasteiger partial charge in [0, 0.05) is 19.6 Å². The highest BCUT2D eigenvalue weighted by atomic mass is 16.5. The number of carbonyl (C=O) groups excluding carboxylic acids is 1. The van der Waals surface area contributed by atoms with E-state index >= 15 is 0 Å². The molecule has 0 saturated carbocycles. The minimum atomic E-state index is -1.82. The summed E-state index contributed by atoms with van der Waals surface area (Å²) in [7, 11) is 0. The molecule has 2 aromatic rings. The molecule has 3 rings (SSSR count). The quantitative estimate of drug-likeness (QED) is 0.420. The number of aliphatic carboxylic acids is 2. The van der Waals surface area contributed by atoms with Gasteiger partial charge in [-0.25, -0.2) is 9.59 Å². The van der Waals surface area contributed by atoms with Crippen molar-refractivity contribution in [1.29, 1.82) is 0 Å². The third-order valence-corrected chi connectivity index (χ3v) is 5.35. The number of carboxylic acids is 2. The van der Waals surface area contributed by atoms with E-state index in [-0.39, 0.29) is 18.2 Å². The number of esters is 1. The number of nitrogens with zero attached hydrogens (tertiary/aromatic N) is 1. The molecular formula is C26H33NO7. The Kier molecular flexibility index (Phi) is 11.8. The molecule has 2 N–H and O–H groups in total. The van der Waals surface area contributed by atoms with Crippen LogP contribution in [0.2, 0.25) is 0 Å². The number of ether oxygens (including phenoxy) is 2. The Morgan fingerprint density at radius 1 is 0.912 bits per heavy atom. The molecule has 2 aromatic carbocycles. The van der Waals surface area contributed by atoms with Crippen molar-refractivity contribution < 1.29 is 34.1 Å². The van der Waals surface area contributed by atoms with E-state index in [1.165, 1.54) is 11.1 Å². The Balaban J connectivity index is 0.000000604. The summed E-state index contributed by atoms with van der Waals surface area (Å²) < 4.78 is 11.7. The maximum Gasteiger partial charge on any atom is 0.414 e. The average molecular weight is 472 g/mol. The maximum atomic E-state index is 11.7. The van der Waals surface area contributed by atoms with E-state index in [2.05, 4.69) is 53.4 Å². The van der Waals surface area contributed by atoms with E-state index in [1.54, 1.807) is 0 Å². The van der Waals surface area contributed by atoms with Gasteiger partial charge in [0.25, 0.3) is 0 Å². The van der Waals surface area contributed by atoms with Gasteiger partial charge in [-0.2, -0.15) is 0 Å². The van der Waals surface area contributed by atoms with Crippen LogP contribution in [-0.4, -0.2) is 65.4 Å². The zero-order chi connectivity index (χ0) is 24.8. The van der Waals surface area contributed by atoms with Crippen LogP contribution in [0.4, 0.5) is 0 Å². The second-order valence-electron chi connectivity index (χ2n) is 7.96. The van der Waals surface area contributed by atoms with E-state index in [4.69, 9.17) is 29.3 Å². The molecule has 34 heavy (non-hydrogen) atoms. The van der Waals surface area contributed by atoms with Gasteiger partial charge in [-0.15, -0.1) is 0 Å². The van der Waals surface area contributed by atoms with Gasteiger partial charge in [-0.3, -0.25) is 4.79 Å². The Morgan fingerprint density at radius 2 is 1.41 bits per heavy atom. The minimum Gasteiger partial charge on any atom is -0.473 e. The molecule has 1 aliphatic heterocycles. The second kappa shape index (κ2) is 14.8. The topological polar surface area (TPSA) is 113 Å².